The molecule has 3 aromatic carbocycles. The molecular formula is C25H18Cl2FNO3. The van der Waals surface area contributed by atoms with Crippen LogP contribution in [0.1, 0.15) is 28.3 Å². The van der Waals surface area contributed by atoms with E-state index in [1.54, 1.807) is 24.3 Å². The second kappa shape index (κ2) is 8.41. The molecule has 0 bridgehead atoms. The zero-order chi connectivity index (χ0) is 23.2. The molecule has 4 rings (SSSR count). The van der Waals surface area contributed by atoms with Crippen molar-refractivity contribution in [2.45, 2.75) is 19.9 Å². The van der Waals surface area contributed by atoms with Gasteiger partial charge in [0.15, 0.2) is 0 Å². The molecule has 1 fully saturated rings. The minimum absolute atomic E-state index is 0.0724. The maximum absolute atomic E-state index is 14.9. The Hall–Kier alpha value is -3.15. The molecule has 3 aromatic rings. The molecule has 1 N–H and O–H groups in total. The maximum Gasteiger partial charge on any atom is 0.300 e. The Morgan fingerprint density at radius 3 is 2.31 bits per heavy atom. The number of aliphatic hydroxyl groups is 1. The molecule has 4 nitrogen and oxygen atoms in total. The van der Waals surface area contributed by atoms with E-state index in [1.165, 1.54) is 36.4 Å². The predicted octanol–water partition coefficient (Wildman–Crippen LogP) is 6.38. The largest absolute Gasteiger partial charge is 0.507 e. The van der Waals surface area contributed by atoms with E-state index >= 15 is 0 Å². The number of benzene rings is 3. The molecule has 1 saturated heterocycles. The van der Waals surface area contributed by atoms with Crippen molar-refractivity contribution in [2.24, 2.45) is 0 Å². The summed E-state index contributed by atoms with van der Waals surface area (Å²) in [5.74, 6) is -2.81. The van der Waals surface area contributed by atoms with Gasteiger partial charge in [0.05, 0.1) is 21.7 Å². The number of hydrogen-bond acceptors (Lipinski definition) is 3. The van der Waals surface area contributed by atoms with Gasteiger partial charge >= 0.3 is 0 Å². The third-order valence-corrected chi connectivity index (χ3v) is 6.34. The average Bonchev–Trinajstić information content (AvgIpc) is 3.02. The number of Topliss-reactive ketones (excluding diaryl/α,β-unsaturated/α-hetero) is 1. The van der Waals surface area contributed by atoms with E-state index in [0.717, 1.165) is 16.0 Å². The van der Waals surface area contributed by atoms with Crippen LogP contribution in [0.2, 0.25) is 10.0 Å². The minimum atomic E-state index is -1.19. The maximum atomic E-state index is 14.9. The van der Waals surface area contributed by atoms with Gasteiger partial charge in [0, 0.05) is 16.8 Å². The second-order valence-corrected chi connectivity index (χ2v) is 8.40. The number of carbonyl (C=O) groups excluding carboxylic acids is 2. The van der Waals surface area contributed by atoms with Crippen molar-refractivity contribution >= 4 is 46.3 Å². The number of hydrogen-bond donors (Lipinski definition) is 1. The first kappa shape index (κ1) is 22.1. The van der Waals surface area contributed by atoms with Crippen LogP contribution in [-0.4, -0.2) is 16.8 Å². The molecule has 0 aliphatic carbocycles. The highest BCUT2D eigenvalue weighted by Gasteiger charge is 2.47. The van der Waals surface area contributed by atoms with E-state index in [0.29, 0.717) is 5.56 Å². The van der Waals surface area contributed by atoms with Gasteiger partial charge in [-0.15, -0.1) is 0 Å². The van der Waals surface area contributed by atoms with Crippen molar-refractivity contribution in [1.29, 1.82) is 0 Å². The lowest BCUT2D eigenvalue weighted by Crippen LogP contribution is -2.29. The number of anilines is 1. The van der Waals surface area contributed by atoms with Crippen LogP contribution in [0, 0.1) is 19.7 Å². The van der Waals surface area contributed by atoms with Gasteiger partial charge in [-0.2, -0.15) is 0 Å². The van der Waals surface area contributed by atoms with Crippen molar-refractivity contribution in [3.05, 3.63) is 104 Å². The number of rotatable bonds is 3. The monoisotopic (exact) mass is 469 g/mol. The number of nitrogens with zero attached hydrogens (tertiary/aromatic N) is 1. The van der Waals surface area contributed by atoms with Gasteiger partial charge in [-0.25, -0.2) is 4.39 Å². The van der Waals surface area contributed by atoms with E-state index < -0.39 is 23.5 Å². The molecule has 7 heteroatoms. The molecule has 32 heavy (non-hydrogen) atoms. The average molecular weight is 470 g/mol. The molecule has 1 atom stereocenters. The van der Waals surface area contributed by atoms with Gasteiger partial charge < -0.3 is 5.11 Å². The molecule has 0 radical (unpaired) electrons. The first-order valence-electron chi connectivity index (χ1n) is 9.78. The van der Waals surface area contributed by atoms with Crippen LogP contribution in [0.5, 0.6) is 0 Å². The van der Waals surface area contributed by atoms with Crippen LogP contribution >= 0.6 is 23.2 Å². The standard InChI is InChI=1S/C25H18Cl2FNO3/c1-13-7-8-15(11-14(13)2)23(30)21-22(17-5-3-4-6-20(17)28)29(25(32)24(21)31)16-9-10-18(26)19(27)12-16/h3-12,22,30H,1-2H3/b23-21+. The Bertz CT molecular complexity index is 1300. The molecule has 1 heterocycles. The fourth-order valence-corrected chi connectivity index (χ4v) is 4.06. The van der Waals surface area contributed by atoms with Crippen molar-refractivity contribution < 1.29 is 19.1 Å². The minimum Gasteiger partial charge on any atom is -0.507 e. The van der Waals surface area contributed by atoms with Crippen LogP contribution in [0.3, 0.4) is 0 Å². The summed E-state index contributed by atoms with van der Waals surface area (Å²) in [5, 5.41) is 11.6. The topological polar surface area (TPSA) is 57.6 Å². The van der Waals surface area contributed by atoms with Gasteiger partial charge in [0.25, 0.3) is 11.7 Å². The van der Waals surface area contributed by atoms with Gasteiger partial charge in [-0.3, -0.25) is 14.5 Å². The van der Waals surface area contributed by atoms with Crippen LogP contribution < -0.4 is 4.90 Å². The van der Waals surface area contributed by atoms with Crippen LogP contribution in [-0.2, 0) is 9.59 Å². The van der Waals surface area contributed by atoms with Crippen molar-refractivity contribution in [3.8, 4) is 0 Å². The second-order valence-electron chi connectivity index (χ2n) is 7.59. The highest BCUT2D eigenvalue weighted by Crippen LogP contribution is 2.44. The summed E-state index contributed by atoms with van der Waals surface area (Å²) >= 11 is 12.1. The number of aliphatic hydroxyl groups excluding tert-OH is 1. The lowest BCUT2D eigenvalue weighted by Gasteiger charge is -2.26. The van der Waals surface area contributed by atoms with Gasteiger partial charge in [-0.1, -0.05) is 53.5 Å². The molecule has 0 spiro atoms. The number of ketones is 1. The number of halogens is 3. The third kappa shape index (κ3) is 3.68. The van der Waals surface area contributed by atoms with Crippen molar-refractivity contribution in [2.75, 3.05) is 4.90 Å². The number of carbonyl (C=O) groups is 2. The Morgan fingerprint density at radius 2 is 1.66 bits per heavy atom. The van der Waals surface area contributed by atoms with Crippen LogP contribution in [0.25, 0.3) is 5.76 Å². The summed E-state index contributed by atoms with van der Waals surface area (Å²) in [5.41, 5.74) is 2.40. The zero-order valence-electron chi connectivity index (χ0n) is 17.2. The Morgan fingerprint density at radius 1 is 0.938 bits per heavy atom. The Balaban J connectivity index is 1.99. The first-order chi connectivity index (χ1) is 15.2. The summed E-state index contributed by atoms with van der Waals surface area (Å²) < 4.78 is 14.9. The predicted molar refractivity (Wildman–Crippen MR) is 124 cm³/mol. The normalized spacial score (nSPS) is 17.8. The van der Waals surface area contributed by atoms with E-state index in [4.69, 9.17) is 23.2 Å². The molecule has 1 amide bonds. The van der Waals surface area contributed by atoms with Gasteiger partial charge in [0.2, 0.25) is 0 Å². The fourth-order valence-electron chi connectivity index (χ4n) is 3.77. The highest BCUT2D eigenvalue weighted by molar-refractivity contribution is 6.52. The summed E-state index contributed by atoms with van der Waals surface area (Å²) in [6, 6.07) is 14.2. The van der Waals surface area contributed by atoms with E-state index in [-0.39, 0.29) is 32.6 Å². The number of aryl methyl sites for hydroxylation is 2. The fraction of sp³-hybridized carbons (Fsp3) is 0.120. The van der Waals surface area contributed by atoms with Crippen molar-refractivity contribution in [3.63, 3.8) is 0 Å². The Labute approximate surface area is 194 Å². The lowest BCUT2D eigenvalue weighted by atomic mass is 9.94. The first-order valence-corrected chi connectivity index (χ1v) is 10.5. The molecule has 0 aromatic heterocycles. The molecule has 162 valence electrons. The molecular weight excluding hydrogens is 452 g/mol. The smallest absolute Gasteiger partial charge is 0.300 e. The summed E-state index contributed by atoms with van der Waals surface area (Å²) in [4.78, 5) is 27.3. The third-order valence-electron chi connectivity index (χ3n) is 5.61. The van der Waals surface area contributed by atoms with Gasteiger partial charge in [-0.05, 0) is 55.3 Å². The van der Waals surface area contributed by atoms with E-state index in [1.807, 2.05) is 13.8 Å². The molecule has 1 aliphatic rings. The molecule has 1 aliphatic heterocycles. The summed E-state index contributed by atoms with van der Waals surface area (Å²) in [6.45, 7) is 3.79. The van der Waals surface area contributed by atoms with E-state index in [9.17, 15) is 19.1 Å². The lowest BCUT2D eigenvalue weighted by molar-refractivity contribution is -0.132. The van der Waals surface area contributed by atoms with Crippen LogP contribution in [0.4, 0.5) is 10.1 Å². The van der Waals surface area contributed by atoms with Crippen molar-refractivity contribution in [1.82, 2.24) is 0 Å². The van der Waals surface area contributed by atoms with Gasteiger partial charge in [0.1, 0.15) is 11.6 Å². The Kier molecular flexibility index (Phi) is 5.80. The molecule has 0 saturated carbocycles. The van der Waals surface area contributed by atoms with Crippen LogP contribution in [0.15, 0.2) is 66.2 Å². The number of amides is 1. The quantitative estimate of drug-likeness (QED) is 0.275. The SMILES string of the molecule is Cc1ccc(/C(O)=C2\C(=O)C(=O)N(c3ccc(Cl)c(Cl)c3)C2c2ccccc2F)cc1C. The van der Waals surface area contributed by atoms with E-state index in [2.05, 4.69) is 0 Å². The highest BCUT2D eigenvalue weighted by atomic mass is 35.5. The molecule has 1 unspecified atom stereocenters. The summed E-state index contributed by atoms with van der Waals surface area (Å²) in [6.07, 6.45) is 0. The summed E-state index contributed by atoms with van der Waals surface area (Å²) in [7, 11) is 0. The zero-order valence-corrected chi connectivity index (χ0v) is 18.7.